The Bertz CT molecular complexity index is 1070. The third-order valence-corrected chi connectivity index (χ3v) is 7.85. The Morgan fingerprint density at radius 1 is 0.909 bits per heavy atom. The van der Waals surface area contributed by atoms with E-state index < -0.39 is 5.54 Å². The van der Waals surface area contributed by atoms with Crippen LogP contribution in [0.3, 0.4) is 0 Å². The number of nitrogens with one attached hydrogen (secondary N) is 1. The summed E-state index contributed by atoms with van der Waals surface area (Å²) in [5.74, 6) is 0. The van der Waals surface area contributed by atoms with Gasteiger partial charge < -0.3 is 14.7 Å². The fourth-order valence-electron chi connectivity index (χ4n) is 5.54. The van der Waals surface area contributed by atoms with Crippen LogP contribution in [0.15, 0.2) is 84.9 Å². The van der Waals surface area contributed by atoms with E-state index in [1.54, 1.807) is 0 Å². The first-order chi connectivity index (χ1) is 16.0. The van der Waals surface area contributed by atoms with Crippen molar-refractivity contribution in [2.45, 2.75) is 31.0 Å². The molecule has 0 atom stereocenters. The van der Waals surface area contributed by atoms with E-state index in [1.165, 1.54) is 5.56 Å². The number of benzene rings is 3. The summed E-state index contributed by atoms with van der Waals surface area (Å²) in [7, 11) is 2.31. The summed E-state index contributed by atoms with van der Waals surface area (Å²) < 4.78 is 0.957. The molecule has 0 radical (unpaired) electrons. The second-order valence-electron chi connectivity index (χ2n) is 9.74. The van der Waals surface area contributed by atoms with Crippen molar-refractivity contribution < 1.29 is 9.28 Å². The van der Waals surface area contributed by atoms with Gasteiger partial charge in [0.05, 0.1) is 26.7 Å². The number of amides is 2. The number of hydrogen-bond donors (Lipinski definition) is 1. The smallest absolute Gasteiger partial charge is 0.318 e. The quantitative estimate of drug-likeness (QED) is 0.507. The van der Waals surface area contributed by atoms with Gasteiger partial charge in [0.2, 0.25) is 0 Å². The molecule has 0 bridgehead atoms. The van der Waals surface area contributed by atoms with Gasteiger partial charge in [0.25, 0.3) is 0 Å². The van der Waals surface area contributed by atoms with Gasteiger partial charge in [-0.3, -0.25) is 0 Å². The number of likely N-dealkylation sites (tertiary alicyclic amines) is 1. The zero-order chi connectivity index (χ0) is 22.9. The van der Waals surface area contributed by atoms with Crippen molar-refractivity contribution in [1.82, 2.24) is 10.2 Å². The number of halogens is 1. The topological polar surface area (TPSA) is 32.3 Å². The van der Waals surface area contributed by atoms with Crippen molar-refractivity contribution in [3.63, 3.8) is 0 Å². The molecule has 33 heavy (non-hydrogen) atoms. The molecule has 0 aliphatic carbocycles. The molecule has 4 nitrogen and oxygen atoms in total. The van der Waals surface area contributed by atoms with Crippen LogP contribution >= 0.6 is 11.6 Å². The van der Waals surface area contributed by atoms with Crippen LogP contribution in [-0.4, -0.2) is 48.1 Å². The minimum atomic E-state index is -0.521. The van der Waals surface area contributed by atoms with Crippen molar-refractivity contribution >= 4 is 17.6 Å². The lowest BCUT2D eigenvalue weighted by atomic mass is 9.83. The first-order valence-corrected chi connectivity index (χ1v) is 12.1. The molecule has 2 heterocycles. The van der Waals surface area contributed by atoms with Crippen LogP contribution < -0.4 is 5.32 Å². The molecule has 0 saturated carbocycles. The summed E-state index contributed by atoms with van der Waals surface area (Å²) in [6.07, 6.45) is 1.99. The lowest BCUT2D eigenvalue weighted by Gasteiger charge is -2.43. The van der Waals surface area contributed by atoms with Crippen molar-refractivity contribution in [2.75, 3.05) is 26.7 Å². The van der Waals surface area contributed by atoms with E-state index in [0.717, 1.165) is 53.1 Å². The van der Waals surface area contributed by atoms with Gasteiger partial charge in [0, 0.05) is 29.5 Å². The Labute approximate surface area is 201 Å². The van der Waals surface area contributed by atoms with Gasteiger partial charge in [0.1, 0.15) is 12.1 Å². The molecule has 2 amide bonds. The third kappa shape index (κ3) is 4.25. The molecule has 2 saturated heterocycles. The predicted molar refractivity (Wildman–Crippen MR) is 133 cm³/mol. The molecule has 2 aliphatic heterocycles. The zero-order valence-corrected chi connectivity index (χ0v) is 19.8. The Morgan fingerprint density at radius 3 is 2.03 bits per heavy atom. The molecule has 170 valence electrons. The number of piperidine rings is 1. The summed E-state index contributed by atoms with van der Waals surface area (Å²) in [6, 6.07) is 29.1. The Morgan fingerprint density at radius 2 is 1.45 bits per heavy atom. The predicted octanol–water partition coefficient (Wildman–Crippen LogP) is 5.42. The molecule has 5 rings (SSSR count). The number of urea groups is 1. The van der Waals surface area contributed by atoms with Crippen LogP contribution in [0.5, 0.6) is 0 Å². The molecule has 3 aromatic carbocycles. The molecule has 5 heteroatoms. The SMILES string of the molecule is C[N+]1(Cc2ccccc2Cl)CCC(N2CC(c3ccccc3)(c3ccccc3)NC2=O)CC1. The lowest BCUT2D eigenvalue weighted by Crippen LogP contribution is -2.54. The fraction of sp³-hybridized carbons (Fsp3) is 0.321. The van der Waals surface area contributed by atoms with E-state index >= 15 is 0 Å². The maximum Gasteiger partial charge on any atom is 0.318 e. The van der Waals surface area contributed by atoms with E-state index in [9.17, 15) is 4.79 Å². The zero-order valence-electron chi connectivity index (χ0n) is 19.1. The van der Waals surface area contributed by atoms with Gasteiger partial charge >= 0.3 is 6.03 Å². The highest BCUT2D eigenvalue weighted by atomic mass is 35.5. The molecular weight excluding hydrogens is 430 g/mol. The number of carbonyl (C=O) groups is 1. The lowest BCUT2D eigenvalue weighted by molar-refractivity contribution is -0.927. The second kappa shape index (κ2) is 8.85. The molecular formula is C28H31ClN3O+. The number of nitrogens with zero attached hydrogens (tertiary/aromatic N) is 2. The largest absolute Gasteiger partial charge is 0.323 e. The molecule has 2 fully saturated rings. The molecule has 0 aromatic heterocycles. The summed E-state index contributed by atoms with van der Waals surface area (Å²) >= 11 is 6.43. The van der Waals surface area contributed by atoms with Gasteiger partial charge in [-0.2, -0.15) is 0 Å². The average Bonchev–Trinajstić information content (AvgIpc) is 3.20. The van der Waals surface area contributed by atoms with Crippen molar-refractivity contribution in [3.05, 3.63) is 107 Å². The van der Waals surface area contributed by atoms with Gasteiger partial charge in [-0.25, -0.2) is 4.79 Å². The molecule has 0 unspecified atom stereocenters. The summed E-state index contributed by atoms with van der Waals surface area (Å²) in [4.78, 5) is 15.4. The normalized spacial score (nSPS) is 24.5. The Hall–Kier alpha value is -2.82. The van der Waals surface area contributed by atoms with Crippen LogP contribution in [-0.2, 0) is 12.1 Å². The van der Waals surface area contributed by atoms with Crippen molar-refractivity contribution in [3.8, 4) is 0 Å². The van der Waals surface area contributed by atoms with Crippen molar-refractivity contribution in [2.24, 2.45) is 0 Å². The number of hydrogen-bond acceptors (Lipinski definition) is 1. The van der Waals surface area contributed by atoms with Gasteiger partial charge in [0.15, 0.2) is 0 Å². The highest BCUT2D eigenvalue weighted by Gasteiger charge is 2.48. The Balaban J connectivity index is 1.35. The highest BCUT2D eigenvalue weighted by Crippen LogP contribution is 2.37. The molecule has 2 aliphatic rings. The van der Waals surface area contributed by atoms with Crippen LogP contribution in [0.2, 0.25) is 5.02 Å². The monoisotopic (exact) mass is 460 g/mol. The summed E-state index contributed by atoms with van der Waals surface area (Å²) in [5.41, 5.74) is 2.93. The summed E-state index contributed by atoms with van der Waals surface area (Å²) in [6.45, 7) is 3.64. The summed E-state index contributed by atoms with van der Waals surface area (Å²) in [5, 5.41) is 4.22. The fourth-order valence-corrected chi connectivity index (χ4v) is 5.74. The number of carbonyl (C=O) groups excluding carboxylic acids is 1. The van der Waals surface area contributed by atoms with Crippen LogP contribution in [0.1, 0.15) is 29.5 Å². The van der Waals surface area contributed by atoms with Gasteiger partial charge in [-0.05, 0) is 17.2 Å². The Kier molecular flexibility index (Phi) is 5.90. The van der Waals surface area contributed by atoms with E-state index in [1.807, 2.05) is 48.5 Å². The van der Waals surface area contributed by atoms with Gasteiger partial charge in [-0.1, -0.05) is 90.5 Å². The first kappa shape index (κ1) is 22.0. The maximum atomic E-state index is 13.3. The van der Waals surface area contributed by atoms with Crippen LogP contribution in [0.4, 0.5) is 4.79 Å². The molecule has 0 spiro atoms. The highest BCUT2D eigenvalue weighted by molar-refractivity contribution is 6.31. The second-order valence-corrected chi connectivity index (χ2v) is 10.2. The maximum absolute atomic E-state index is 13.3. The molecule has 1 N–H and O–H groups in total. The van der Waals surface area contributed by atoms with E-state index in [4.69, 9.17) is 11.6 Å². The number of rotatable bonds is 5. The number of quaternary nitrogens is 1. The van der Waals surface area contributed by atoms with E-state index in [0.29, 0.717) is 6.54 Å². The molecule has 3 aromatic rings. The van der Waals surface area contributed by atoms with Crippen molar-refractivity contribution in [1.29, 1.82) is 0 Å². The van der Waals surface area contributed by atoms with Crippen LogP contribution in [0.25, 0.3) is 0 Å². The van der Waals surface area contributed by atoms with Gasteiger partial charge in [-0.15, -0.1) is 0 Å². The first-order valence-electron chi connectivity index (χ1n) is 11.8. The van der Waals surface area contributed by atoms with E-state index in [-0.39, 0.29) is 12.1 Å². The minimum Gasteiger partial charge on any atom is -0.323 e. The standard InChI is InChI=1S/C28H30ClN3O/c1-32(20-22-10-8-9-15-26(22)29)18-16-25(17-19-32)31-21-28(30-27(31)33,23-11-4-2-5-12-23)24-13-6-3-7-14-24/h2-15,25H,16-21H2,1H3/p+1. The minimum absolute atomic E-state index is 0.0370. The van der Waals surface area contributed by atoms with Crippen LogP contribution in [0, 0.1) is 0 Å². The average molecular weight is 461 g/mol. The third-order valence-electron chi connectivity index (χ3n) is 7.48. The van der Waals surface area contributed by atoms with E-state index in [2.05, 4.69) is 53.7 Å².